The Bertz CT molecular complexity index is 410. The normalized spacial score (nSPS) is 22.0. The SMILES string of the molecule is Cc1nc(P(=O)(C2CC2)C2CC2)nn1C. The molecule has 0 aliphatic heterocycles. The number of hydrogen-bond acceptors (Lipinski definition) is 3. The van der Waals surface area contributed by atoms with Gasteiger partial charge in [0, 0.05) is 18.4 Å². The van der Waals surface area contributed by atoms with Crippen molar-refractivity contribution in [1.29, 1.82) is 0 Å². The number of hydrogen-bond donors (Lipinski definition) is 0. The summed E-state index contributed by atoms with van der Waals surface area (Å²) in [6, 6.07) is 0. The Hall–Kier alpha value is -0.630. The van der Waals surface area contributed by atoms with Gasteiger partial charge in [0.1, 0.15) is 5.82 Å². The zero-order valence-electron chi connectivity index (χ0n) is 9.18. The van der Waals surface area contributed by atoms with Crippen LogP contribution in [0.15, 0.2) is 0 Å². The van der Waals surface area contributed by atoms with Gasteiger partial charge in [0.25, 0.3) is 0 Å². The molecule has 0 radical (unpaired) electrons. The van der Waals surface area contributed by atoms with E-state index in [1.807, 2.05) is 14.0 Å². The molecule has 1 aromatic rings. The smallest absolute Gasteiger partial charge is 0.210 e. The molecule has 2 aliphatic rings. The molecule has 0 saturated heterocycles. The van der Waals surface area contributed by atoms with E-state index in [1.165, 1.54) is 0 Å². The van der Waals surface area contributed by atoms with Gasteiger partial charge in [-0.1, -0.05) is 0 Å². The maximum atomic E-state index is 13.0. The summed E-state index contributed by atoms with van der Waals surface area (Å²) in [5.74, 6) is 0.867. The largest absolute Gasteiger partial charge is 0.315 e. The van der Waals surface area contributed by atoms with E-state index in [4.69, 9.17) is 0 Å². The fourth-order valence-corrected chi connectivity index (χ4v) is 5.79. The van der Waals surface area contributed by atoms with Crippen LogP contribution in [0.3, 0.4) is 0 Å². The predicted molar refractivity (Wildman–Crippen MR) is 59.0 cm³/mol. The van der Waals surface area contributed by atoms with E-state index in [0.717, 1.165) is 31.5 Å². The number of aromatic nitrogens is 3. The maximum Gasteiger partial charge on any atom is 0.210 e. The fraction of sp³-hybridized carbons (Fsp3) is 0.800. The minimum atomic E-state index is -2.24. The van der Waals surface area contributed by atoms with Gasteiger partial charge in [0.15, 0.2) is 7.14 Å². The van der Waals surface area contributed by atoms with E-state index in [1.54, 1.807) is 4.68 Å². The Labute approximate surface area is 89.5 Å². The van der Waals surface area contributed by atoms with Crippen LogP contribution >= 0.6 is 7.14 Å². The lowest BCUT2D eigenvalue weighted by Gasteiger charge is -2.12. The number of rotatable bonds is 3. The number of nitrogens with zero attached hydrogens (tertiary/aromatic N) is 3. The van der Waals surface area contributed by atoms with Gasteiger partial charge >= 0.3 is 0 Å². The van der Waals surface area contributed by atoms with E-state index in [-0.39, 0.29) is 0 Å². The lowest BCUT2D eigenvalue weighted by Crippen LogP contribution is -2.17. The van der Waals surface area contributed by atoms with Crippen LogP contribution in [0.5, 0.6) is 0 Å². The molecular formula is C10H16N3OP. The monoisotopic (exact) mass is 225 g/mol. The van der Waals surface area contributed by atoms with Crippen molar-refractivity contribution in [3.63, 3.8) is 0 Å². The van der Waals surface area contributed by atoms with Gasteiger partial charge in [-0.15, -0.1) is 5.10 Å². The molecule has 4 nitrogen and oxygen atoms in total. The van der Waals surface area contributed by atoms with Gasteiger partial charge in [-0.2, -0.15) is 0 Å². The molecule has 0 aromatic carbocycles. The van der Waals surface area contributed by atoms with Gasteiger partial charge < -0.3 is 4.57 Å². The van der Waals surface area contributed by atoms with Gasteiger partial charge in [0.05, 0.1) is 0 Å². The summed E-state index contributed by atoms with van der Waals surface area (Å²) in [6.45, 7) is 1.92. The Morgan fingerprint density at radius 1 is 1.27 bits per heavy atom. The quantitative estimate of drug-likeness (QED) is 0.731. The first kappa shape index (κ1) is 9.59. The molecule has 2 aliphatic carbocycles. The molecular weight excluding hydrogens is 209 g/mol. The third-order valence-corrected chi connectivity index (χ3v) is 7.48. The molecule has 2 fully saturated rings. The summed E-state index contributed by atoms with van der Waals surface area (Å²) in [5.41, 5.74) is 1.48. The minimum Gasteiger partial charge on any atom is -0.315 e. The lowest BCUT2D eigenvalue weighted by molar-refractivity contribution is 0.577. The molecule has 0 unspecified atom stereocenters. The highest BCUT2D eigenvalue weighted by Gasteiger charge is 2.54. The summed E-state index contributed by atoms with van der Waals surface area (Å²) in [4.78, 5) is 4.39. The molecule has 0 atom stereocenters. The predicted octanol–water partition coefficient (Wildman–Crippen LogP) is 1.44. The zero-order chi connectivity index (χ0) is 10.6. The topological polar surface area (TPSA) is 47.8 Å². The summed E-state index contributed by atoms with van der Waals surface area (Å²) >= 11 is 0. The zero-order valence-corrected chi connectivity index (χ0v) is 10.1. The van der Waals surface area contributed by atoms with E-state index < -0.39 is 7.14 Å². The molecule has 2 saturated carbocycles. The van der Waals surface area contributed by atoms with E-state index >= 15 is 0 Å². The first-order valence-corrected chi connectivity index (χ1v) is 7.44. The third-order valence-electron chi connectivity index (χ3n) is 3.46. The van der Waals surface area contributed by atoms with Crippen molar-refractivity contribution in [2.75, 3.05) is 0 Å². The Morgan fingerprint density at radius 2 is 1.80 bits per heavy atom. The van der Waals surface area contributed by atoms with Gasteiger partial charge in [-0.05, 0) is 32.6 Å². The standard InChI is InChI=1S/C10H16N3OP/c1-7-11-10(12-13(7)2)15(14,8-3-4-8)9-5-6-9/h8-9H,3-6H2,1-2H3. The molecule has 5 heteroatoms. The average molecular weight is 225 g/mol. The van der Waals surface area contributed by atoms with Crippen LogP contribution in [-0.4, -0.2) is 26.1 Å². The van der Waals surface area contributed by atoms with E-state index in [0.29, 0.717) is 16.9 Å². The van der Waals surface area contributed by atoms with Crippen molar-refractivity contribution in [2.24, 2.45) is 7.05 Å². The molecule has 0 N–H and O–H groups in total. The van der Waals surface area contributed by atoms with Gasteiger partial charge in [-0.3, -0.25) is 4.68 Å². The summed E-state index contributed by atoms with van der Waals surface area (Å²) in [7, 11) is -0.372. The Morgan fingerprint density at radius 3 is 2.13 bits per heavy atom. The van der Waals surface area contributed by atoms with Crippen LogP contribution in [-0.2, 0) is 11.6 Å². The first-order chi connectivity index (χ1) is 7.12. The molecule has 3 rings (SSSR count). The van der Waals surface area contributed by atoms with Crippen LogP contribution < -0.4 is 5.57 Å². The van der Waals surface area contributed by atoms with Gasteiger partial charge in [-0.25, -0.2) is 4.98 Å². The van der Waals surface area contributed by atoms with Crippen molar-refractivity contribution in [2.45, 2.75) is 43.9 Å². The Kier molecular flexibility index (Phi) is 1.88. The average Bonchev–Trinajstić information content (AvgIpc) is 3.05. The van der Waals surface area contributed by atoms with Crippen molar-refractivity contribution < 1.29 is 4.57 Å². The van der Waals surface area contributed by atoms with E-state index in [2.05, 4.69) is 10.1 Å². The van der Waals surface area contributed by atoms with Crippen LogP contribution in [0.1, 0.15) is 31.5 Å². The first-order valence-electron chi connectivity index (χ1n) is 5.60. The molecule has 0 amide bonds. The third kappa shape index (κ3) is 1.38. The van der Waals surface area contributed by atoms with Crippen molar-refractivity contribution in [1.82, 2.24) is 14.8 Å². The summed E-state index contributed by atoms with van der Waals surface area (Å²) in [6.07, 6.45) is 4.46. The minimum absolute atomic E-state index is 0.409. The molecule has 1 aromatic heterocycles. The van der Waals surface area contributed by atoms with Crippen LogP contribution in [0.4, 0.5) is 0 Å². The van der Waals surface area contributed by atoms with Crippen molar-refractivity contribution in [3.8, 4) is 0 Å². The molecule has 0 bridgehead atoms. The molecule has 1 heterocycles. The van der Waals surface area contributed by atoms with Crippen LogP contribution in [0, 0.1) is 6.92 Å². The molecule has 15 heavy (non-hydrogen) atoms. The number of aryl methyl sites for hydroxylation is 2. The second kappa shape index (κ2) is 2.94. The summed E-state index contributed by atoms with van der Waals surface area (Å²) < 4.78 is 14.7. The lowest BCUT2D eigenvalue weighted by atomic mass is 10.7. The maximum absolute atomic E-state index is 13.0. The van der Waals surface area contributed by atoms with Crippen molar-refractivity contribution >= 4 is 12.7 Å². The van der Waals surface area contributed by atoms with Gasteiger partial charge in [0.2, 0.25) is 5.57 Å². The highest BCUT2D eigenvalue weighted by molar-refractivity contribution is 7.73. The second-order valence-electron chi connectivity index (χ2n) is 4.75. The highest BCUT2D eigenvalue weighted by atomic mass is 31.2. The molecule has 0 spiro atoms. The van der Waals surface area contributed by atoms with Crippen LogP contribution in [0.25, 0.3) is 0 Å². The van der Waals surface area contributed by atoms with Crippen molar-refractivity contribution in [3.05, 3.63) is 5.82 Å². The fourth-order valence-electron chi connectivity index (χ4n) is 2.13. The second-order valence-corrected chi connectivity index (χ2v) is 8.03. The molecule has 82 valence electrons. The Balaban J connectivity index is 2.05. The summed E-state index contributed by atoms with van der Waals surface area (Å²) in [5, 5.41) is 4.35. The van der Waals surface area contributed by atoms with Crippen LogP contribution in [0.2, 0.25) is 0 Å². The highest BCUT2D eigenvalue weighted by Crippen LogP contribution is 2.68. The van der Waals surface area contributed by atoms with E-state index in [9.17, 15) is 4.57 Å².